The molecule has 0 amide bonds. The van der Waals surface area contributed by atoms with Crippen molar-refractivity contribution in [2.75, 3.05) is 19.6 Å². The molecule has 1 rings (SSSR count). The summed E-state index contributed by atoms with van der Waals surface area (Å²) in [7, 11) is 0. The van der Waals surface area contributed by atoms with Gasteiger partial charge >= 0.3 is 0 Å². The third-order valence-corrected chi connectivity index (χ3v) is 3.64. The number of nitrogens with two attached hydrogens (primary N) is 1. The minimum atomic E-state index is 0.535. The highest BCUT2D eigenvalue weighted by atomic mass is 15.3. The number of hydrogen-bond acceptors (Lipinski definition) is 3. The topological polar surface area (TPSA) is 47.1 Å². The van der Waals surface area contributed by atoms with Crippen LogP contribution in [-0.4, -0.2) is 34.3 Å². The highest BCUT2D eigenvalue weighted by Gasteiger charge is 2.10. The summed E-state index contributed by atoms with van der Waals surface area (Å²) >= 11 is 0. The van der Waals surface area contributed by atoms with Gasteiger partial charge in [0.2, 0.25) is 0 Å². The smallest absolute Gasteiger partial charge is 0.0764 e. The molecule has 0 aromatic carbocycles. The van der Waals surface area contributed by atoms with Crippen LogP contribution in [-0.2, 0) is 6.54 Å². The van der Waals surface area contributed by atoms with Gasteiger partial charge in [-0.15, -0.1) is 0 Å². The SMILES string of the molecule is CCCCN(CCN)Cc1ccn(C(CC)CC)n1. The van der Waals surface area contributed by atoms with Crippen molar-refractivity contribution < 1.29 is 0 Å². The molecule has 0 atom stereocenters. The maximum atomic E-state index is 5.68. The average molecular weight is 266 g/mol. The fraction of sp³-hybridized carbons (Fsp3) is 0.800. The van der Waals surface area contributed by atoms with Crippen LogP contribution in [0, 0.1) is 0 Å². The third-order valence-electron chi connectivity index (χ3n) is 3.64. The first-order chi connectivity index (χ1) is 9.24. The number of aromatic nitrogens is 2. The van der Waals surface area contributed by atoms with Crippen molar-refractivity contribution in [3.8, 4) is 0 Å². The van der Waals surface area contributed by atoms with E-state index in [1.165, 1.54) is 12.8 Å². The summed E-state index contributed by atoms with van der Waals surface area (Å²) in [4.78, 5) is 2.41. The Morgan fingerprint density at radius 1 is 1.26 bits per heavy atom. The predicted molar refractivity (Wildman–Crippen MR) is 81.1 cm³/mol. The van der Waals surface area contributed by atoms with Gasteiger partial charge < -0.3 is 5.73 Å². The van der Waals surface area contributed by atoms with Crippen LogP contribution in [0.5, 0.6) is 0 Å². The van der Waals surface area contributed by atoms with Crippen molar-refractivity contribution in [2.45, 2.75) is 59.0 Å². The van der Waals surface area contributed by atoms with Crippen molar-refractivity contribution >= 4 is 0 Å². The summed E-state index contributed by atoms with van der Waals surface area (Å²) in [5.74, 6) is 0. The van der Waals surface area contributed by atoms with Gasteiger partial charge in [-0.3, -0.25) is 9.58 Å². The van der Waals surface area contributed by atoms with Crippen LogP contribution in [0.1, 0.15) is 58.2 Å². The third kappa shape index (κ3) is 5.33. The van der Waals surface area contributed by atoms with Gasteiger partial charge in [-0.25, -0.2) is 0 Å². The largest absolute Gasteiger partial charge is 0.329 e. The molecule has 0 saturated heterocycles. The van der Waals surface area contributed by atoms with Gasteiger partial charge in [0.25, 0.3) is 0 Å². The number of rotatable bonds is 10. The Kier molecular flexibility index (Phi) is 7.75. The lowest BCUT2D eigenvalue weighted by Gasteiger charge is -2.20. The molecule has 1 aromatic rings. The van der Waals surface area contributed by atoms with E-state index in [4.69, 9.17) is 10.8 Å². The van der Waals surface area contributed by atoms with Gasteiger partial charge in [-0.1, -0.05) is 27.2 Å². The molecule has 0 aliphatic rings. The molecular weight excluding hydrogens is 236 g/mol. The molecule has 19 heavy (non-hydrogen) atoms. The van der Waals surface area contributed by atoms with E-state index in [2.05, 4.69) is 42.6 Å². The molecule has 1 heterocycles. The van der Waals surface area contributed by atoms with Crippen molar-refractivity contribution in [1.82, 2.24) is 14.7 Å². The summed E-state index contributed by atoms with van der Waals surface area (Å²) in [5.41, 5.74) is 6.85. The van der Waals surface area contributed by atoms with E-state index in [1.807, 2.05) is 0 Å². The van der Waals surface area contributed by atoms with Crippen LogP contribution in [0.2, 0.25) is 0 Å². The zero-order valence-corrected chi connectivity index (χ0v) is 12.8. The quantitative estimate of drug-likeness (QED) is 0.708. The summed E-state index contributed by atoms with van der Waals surface area (Å²) in [5, 5.41) is 4.72. The highest BCUT2D eigenvalue weighted by molar-refractivity contribution is 4.99. The first-order valence-corrected chi connectivity index (χ1v) is 7.71. The van der Waals surface area contributed by atoms with Crippen molar-refractivity contribution in [3.05, 3.63) is 18.0 Å². The molecule has 0 unspecified atom stereocenters. The first kappa shape index (κ1) is 16.2. The van der Waals surface area contributed by atoms with E-state index in [0.717, 1.165) is 44.7 Å². The summed E-state index contributed by atoms with van der Waals surface area (Å²) in [6.45, 7) is 10.4. The monoisotopic (exact) mass is 266 g/mol. The Morgan fingerprint density at radius 3 is 2.58 bits per heavy atom. The number of unbranched alkanes of at least 4 members (excludes halogenated alkanes) is 1. The molecule has 0 bridgehead atoms. The molecule has 4 heteroatoms. The predicted octanol–water partition coefficient (Wildman–Crippen LogP) is 2.81. The average Bonchev–Trinajstić information content (AvgIpc) is 2.86. The second-order valence-electron chi connectivity index (χ2n) is 5.18. The van der Waals surface area contributed by atoms with E-state index in [1.54, 1.807) is 0 Å². The Balaban J connectivity index is 2.58. The van der Waals surface area contributed by atoms with Gasteiger partial charge in [0, 0.05) is 25.8 Å². The summed E-state index contributed by atoms with van der Waals surface area (Å²) < 4.78 is 2.12. The Labute approximate surface area is 118 Å². The fourth-order valence-electron chi connectivity index (χ4n) is 2.39. The molecule has 0 radical (unpaired) electrons. The van der Waals surface area contributed by atoms with Crippen molar-refractivity contribution in [3.63, 3.8) is 0 Å². The normalized spacial score (nSPS) is 11.7. The molecule has 0 aliphatic carbocycles. The van der Waals surface area contributed by atoms with Gasteiger partial charge in [0.1, 0.15) is 0 Å². The second kappa shape index (κ2) is 9.10. The molecule has 4 nitrogen and oxygen atoms in total. The maximum Gasteiger partial charge on any atom is 0.0764 e. The molecular formula is C15H30N4. The Hall–Kier alpha value is -0.870. The zero-order chi connectivity index (χ0) is 14.1. The molecule has 0 aliphatic heterocycles. The lowest BCUT2D eigenvalue weighted by Crippen LogP contribution is -2.30. The molecule has 110 valence electrons. The minimum absolute atomic E-state index is 0.535. The minimum Gasteiger partial charge on any atom is -0.329 e. The zero-order valence-electron chi connectivity index (χ0n) is 12.8. The van der Waals surface area contributed by atoms with E-state index in [0.29, 0.717) is 6.04 Å². The van der Waals surface area contributed by atoms with Gasteiger partial charge in [0.05, 0.1) is 11.7 Å². The van der Waals surface area contributed by atoms with Crippen molar-refractivity contribution in [1.29, 1.82) is 0 Å². The molecule has 0 spiro atoms. The Bertz CT molecular complexity index is 331. The van der Waals surface area contributed by atoms with Crippen LogP contribution in [0.3, 0.4) is 0 Å². The van der Waals surface area contributed by atoms with Gasteiger partial charge in [0.15, 0.2) is 0 Å². The van der Waals surface area contributed by atoms with Crippen LogP contribution >= 0.6 is 0 Å². The van der Waals surface area contributed by atoms with Gasteiger partial charge in [-0.2, -0.15) is 5.10 Å². The van der Waals surface area contributed by atoms with Crippen LogP contribution in [0.15, 0.2) is 12.3 Å². The van der Waals surface area contributed by atoms with Gasteiger partial charge in [-0.05, 0) is 31.9 Å². The molecule has 0 saturated carbocycles. The van der Waals surface area contributed by atoms with E-state index < -0.39 is 0 Å². The second-order valence-corrected chi connectivity index (χ2v) is 5.18. The highest BCUT2D eigenvalue weighted by Crippen LogP contribution is 2.15. The summed E-state index contributed by atoms with van der Waals surface area (Å²) in [6, 6.07) is 2.68. The molecule has 0 fully saturated rings. The Morgan fingerprint density at radius 2 is 2.00 bits per heavy atom. The molecule has 1 aromatic heterocycles. The van der Waals surface area contributed by atoms with E-state index >= 15 is 0 Å². The fourth-order valence-corrected chi connectivity index (χ4v) is 2.39. The van der Waals surface area contributed by atoms with Crippen LogP contribution in [0.25, 0.3) is 0 Å². The molecule has 2 N–H and O–H groups in total. The van der Waals surface area contributed by atoms with Crippen LogP contribution in [0.4, 0.5) is 0 Å². The number of nitrogens with zero attached hydrogens (tertiary/aromatic N) is 3. The maximum absolute atomic E-state index is 5.68. The standard InChI is InChI=1S/C15H30N4/c1-4-7-10-18(12-9-16)13-14-8-11-19(17-14)15(5-2)6-3/h8,11,15H,4-7,9-10,12-13,16H2,1-3H3. The summed E-state index contributed by atoms with van der Waals surface area (Å²) in [6.07, 6.45) is 6.85. The lowest BCUT2D eigenvalue weighted by atomic mass is 10.2. The van der Waals surface area contributed by atoms with E-state index in [-0.39, 0.29) is 0 Å². The lowest BCUT2D eigenvalue weighted by molar-refractivity contribution is 0.263. The van der Waals surface area contributed by atoms with Crippen LogP contribution < -0.4 is 5.73 Å². The first-order valence-electron chi connectivity index (χ1n) is 7.71. The van der Waals surface area contributed by atoms with E-state index in [9.17, 15) is 0 Å². The van der Waals surface area contributed by atoms with Crippen molar-refractivity contribution in [2.24, 2.45) is 5.73 Å². The number of hydrogen-bond donors (Lipinski definition) is 1.